The van der Waals surface area contributed by atoms with Gasteiger partial charge in [-0.1, -0.05) is 0 Å². The van der Waals surface area contributed by atoms with Crippen LogP contribution in [0.1, 0.15) is 31.9 Å². The van der Waals surface area contributed by atoms with Crippen molar-refractivity contribution >= 4 is 0 Å². The van der Waals surface area contributed by atoms with E-state index in [1.54, 1.807) is 0 Å². The first-order valence-electron chi connectivity index (χ1n) is 5.06. The zero-order chi connectivity index (χ0) is 13.4. The molecule has 0 bridgehead atoms. The predicted molar refractivity (Wildman–Crippen MR) is 57.8 cm³/mol. The van der Waals surface area contributed by atoms with Crippen LogP contribution in [0.25, 0.3) is 0 Å². The molecule has 1 rings (SSSR count). The monoisotopic (exact) mass is 248 g/mol. The number of methoxy groups -OCH3 is 1. The van der Waals surface area contributed by atoms with Crippen molar-refractivity contribution in [2.45, 2.75) is 32.3 Å². The van der Waals surface area contributed by atoms with Crippen LogP contribution < -0.4 is 4.74 Å². The highest BCUT2D eigenvalue weighted by molar-refractivity contribution is 5.43. The lowest BCUT2D eigenvalue weighted by Crippen LogP contribution is -2.19. The van der Waals surface area contributed by atoms with Gasteiger partial charge in [0.15, 0.2) is 11.6 Å². The Balaban J connectivity index is 3.51. The van der Waals surface area contributed by atoms with Gasteiger partial charge in [-0.2, -0.15) is 0 Å². The van der Waals surface area contributed by atoms with Gasteiger partial charge in [-0.3, -0.25) is 0 Å². The van der Waals surface area contributed by atoms with E-state index in [0.717, 1.165) is 6.07 Å². The average Bonchev–Trinajstić information content (AvgIpc) is 2.13. The van der Waals surface area contributed by atoms with Crippen molar-refractivity contribution in [2.24, 2.45) is 0 Å². The molecular weight excluding hydrogens is 233 g/mol. The zero-order valence-electron chi connectivity index (χ0n) is 10.1. The SMILES string of the molecule is COc1c(F)cc(C(C)(F)F)cc1C(C)(C)O. The molecule has 0 amide bonds. The van der Waals surface area contributed by atoms with E-state index in [4.69, 9.17) is 4.74 Å². The van der Waals surface area contributed by atoms with Crippen LogP contribution in [0, 0.1) is 5.82 Å². The number of alkyl halides is 2. The second-order valence-corrected chi connectivity index (χ2v) is 4.49. The first kappa shape index (κ1) is 13.8. The zero-order valence-corrected chi connectivity index (χ0v) is 10.1. The van der Waals surface area contributed by atoms with E-state index >= 15 is 0 Å². The molecule has 5 heteroatoms. The Morgan fingerprint density at radius 1 is 1.18 bits per heavy atom. The summed E-state index contributed by atoms with van der Waals surface area (Å²) < 4.78 is 44.7. The maximum absolute atomic E-state index is 13.6. The van der Waals surface area contributed by atoms with Gasteiger partial charge in [0.1, 0.15) is 0 Å². The third-order valence-electron chi connectivity index (χ3n) is 2.41. The Bertz CT molecular complexity index is 417. The molecule has 0 saturated carbocycles. The number of aliphatic hydroxyl groups is 1. The minimum atomic E-state index is -3.17. The van der Waals surface area contributed by atoms with Crippen LogP contribution in [-0.4, -0.2) is 12.2 Å². The second-order valence-electron chi connectivity index (χ2n) is 4.49. The van der Waals surface area contributed by atoms with Crippen LogP contribution in [0.5, 0.6) is 5.75 Å². The molecule has 2 nitrogen and oxygen atoms in total. The molecule has 0 aliphatic heterocycles. The molecule has 0 radical (unpaired) electrons. The van der Waals surface area contributed by atoms with Gasteiger partial charge < -0.3 is 9.84 Å². The van der Waals surface area contributed by atoms with Crippen LogP contribution in [0.2, 0.25) is 0 Å². The molecule has 0 heterocycles. The highest BCUT2D eigenvalue weighted by Crippen LogP contribution is 2.37. The maximum atomic E-state index is 13.6. The third kappa shape index (κ3) is 2.91. The van der Waals surface area contributed by atoms with E-state index in [2.05, 4.69) is 0 Å². The fraction of sp³-hybridized carbons (Fsp3) is 0.500. The van der Waals surface area contributed by atoms with Gasteiger partial charge >= 0.3 is 0 Å². The highest BCUT2D eigenvalue weighted by Gasteiger charge is 2.31. The lowest BCUT2D eigenvalue weighted by molar-refractivity contribution is 0.0161. The summed E-state index contributed by atoms with van der Waals surface area (Å²) in [6.07, 6.45) is 0. The Labute approximate surface area is 98.0 Å². The minimum absolute atomic E-state index is 0.00322. The molecule has 1 aromatic carbocycles. The van der Waals surface area contributed by atoms with Crippen molar-refractivity contribution < 1.29 is 23.0 Å². The topological polar surface area (TPSA) is 29.5 Å². The molecule has 0 fully saturated rings. The summed E-state index contributed by atoms with van der Waals surface area (Å²) in [7, 11) is 1.22. The number of rotatable bonds is 3. The summed E-state index contributed by atoms with van der Waals surface area (Å²) in [5.41, 5.74) is -1.96. The molecular formula is C12H15F3O2. The van der Waals surface area contributed by atoms with Crippen molar-refractivity contribution in [3.8, 4) is 5.75 Å². The van der Waals surface area contributed by atoms with Gasteiger partial charge in [-0.25, -0.2) is 13.2 Å². The minimum Gasteiger partial charge on any atom is -0.493 e. The van der Waals surface area contributed by atoms with E-state index in [9.17, 15) is 18.3 Å². The molecule has 0 saturated heterocycles. The first-order valence-corrected chi connectivity index (χ1v) is 5.06. The molecule has 0 aliphatic carbocycles. The quantitative estimate of drug-likeness (QED) is 0.890. The van der Waals surface area contributed by atoms with E-state index in [1.165, 1.54) is 21.0 Å². The van der Waals surface area contributed by atoms with E-state index in [1.807, 2.05) is 0 Å². The smallest absolute Gasteiger partial charge is 0.270 e. The van der Waals surface area contributed by atoms with Gasteiger partial charge in [0.05, 0.1) is 12.7 Å². The first-order chi connectivity index (χ1) is 7.57. The summed E-state index contributed by atoms with van der Waals surface area (Å²) in [4.78, 5) is 0. The standard InChI is InChI=1S/C12H15F3O2/c1-11(2,16)8-5-7(12(3,14)15)6-9(13)10(8)17-4/h5-6,16H,1-4H3. The summed E-state index contributed by atoms with van der Waals surface area (Å²) in [6, 6.07) is 1.77. The largest absolute Gasteiger partial charge is 0.493 e. The lowest BCUT2D eigenvalue weighted by Gasteiger charge is -2.23. The Hall–Kier alpha value is -1.23. The number of hydrogen-bond donors (Lipinski definition) is 1. The predicted octanol–water partition coefficient (Wildman–Crippen LogP) is 3.17. The normalized spacial score (nSPS) is 12.7. The van der Waals surface area contributed by atoms with E-state index in [0.29, 0.717) is 13.0 Å². The van der Waals surface area contributed by atoms with Gasteiger partial charge in [-0.05, 0) is 26.0 Å². The second kappa shape index (κ2) is 4.22. The molecule has 0 aromatic heterocycles. The molecule has 96 valence electrons. The van der Waals surface area contributed by atoms with Crippen LogP contribution in [0.15, 0.2) is 12.1 Å². The fourth-order valence-electron chi connectivity index (χ4n) is 1.51. The Morgan fingerprint density at radius 3 is 2.06 bits per heavy atom. The highest BCUT2D eigenvalue weighted by atomic mass is 19.3. The van der Waals surface area contributed by atoms with E-state index < -0.39 is 22.9 Å². The van der Waals surface area contributed by atoms with Crippen LogP contribution in [0.4, 0.5) is 13.2 Å². The summed E-state index contributed by atoms with van der Waals surface area (Å²) in [5, 5.41) is 9.82. The molecule has 0 unspecified atom stereocenters. The molecule has 1 aromatic rings. The van der Waals surface area contributed by atoms with Crippen LogP contribution in [0.3, 0.4) is 0 Å². The van der Waals surface area contributed by atoms with Crippen LogP contribution >= 0.6 is 0 Å². The van der Waals surface area contributed by atoms with Crippen molar-refractivity contribution in [1.29, 1.82) is 0 Å². The maximum Gasteiger partial charge on any atom is 0.270 e. The van der Waals surface area contributed by atoms with Gasteiger partial charge in [0.2, 0.25) is 0 Å². The Kier molecular flexibility index (Phi) is 3.43. The van der Waals surface area contributed by atoms with Gasteiger partial charge in [-0.15, -0.1) is 0 Å². The van der Waals surface area contributed by atoms with E-state index in [-0.39, 0.29) is 11.3 Å². The van der Waals surface area contributed by atoms with Crippen molar-refractivity contribution in [3.63, 3.8) is 0 Å². The van der Waals surface area contributed by atoms with Crippen molar-refractivity contribution in [3.05, 3.63) is 29.1 Å². The van der Waals surface area contributed by atoms with Gasteiger partial charge in [0, 0.05) is 18.1 Å². The fourth-order valence-corrected chi connectivity index (χ4v) is 1.51. The average molecular weight is 248 g/mol. The molecule has 0 aliphatic rings. The Morgan fingerprint density at radius 2 is 1.71 bits per heavy atom. The summed E-state index contributed by atoms with van der Waals surface area (Å²) in [6.45, 7) is 3.42. The number of halogens is 3. The number of ether oxygens (including phenoxy) is 1. The number of hydrogen-bond acceptors (Lipinski definition) is 2. The van der Waals surface area contributed by atoms with Crippen molar-refractivity contribution in [2.75, 3.05) is 7.11 Å². The molecule has 1 N–H and O–H groups in total. The van der Waals surface area contributed by atoms with Crippen molar-refractivity contribution in [1.82, 2.24) is 0 Å². The molecule has 0 atom stereocenters. The number of benzene rings is 1. The molecule has 17 heavy (non-hydrogen) atoms. The lowest BCUT2D eigenvalue weighted by atomic mass is 9.93. The summed E-state index contributed by atoms with van der Waals surface area (Å²) in [5.74, 6) is -4.30. The van der Waals surface area contributed by atoms with Crippen LogP contribution in [-0.2, 0) is 11.5 Å². The third-order valence-corrected chi connectivity index (χ3v) is 2.41. The summed E-state index contributed by atoms with van der Waals surface area (Å²) >= 11 is 0. The molecule has 0 spiro atoms. The van der Waals surface area contributed by atoms with Gasteiger partial charge in [0.25, 0.3) is 5.92 Å².